The summed E-state index contributed by atoms with van der Waals surface area (Å²) in [6.07, 6.45) is 2.34. The van der Waals surface area contributed by atoms with Crippen LogP contribution in [-0.4, -0.2) is 32.1 Å². The molecule has 1 aliphatic heterocycles. The third-order valence-electron chi connectivity index (χ3n) is 4.55. The lowest BCUT2D eigenvalue weighted by atomic mass is 10.1. The molecule has 2 atom stereocenters. The second-order valence-electron chi connectivity index (χ2n) is 6.63. The summed E-state index contributed by atoms with van der Waals surface area (Å²) in [5.41, 5.74) is 1.28. The van der Waals surface area contributed by atoms with Crippen LogP contribution in [0.4, 0.5) is 0 Å². The minimum Gasteiger partial charge on any atom is -0.462 e. The molecular weight excluding hydrogens is 378 g/mol. The second-order valence-corrected chi connectivity index (χ2v) is 8.83. The number of ether oxygens (including phenoxy) is 1. The molecule has 5 nitrogen and oxygen atoms in total. The highest BCUT2D eigenvalue weighted by atomic mass is 32.2. The van der Waals surface area contributed by atoms with Crippen molar-refractivity contribution in [2.24, 2.45) is 0 Å². The summed E-state index contributed by atoms with van der Waals surface area (Å²) in [4.78, 5) is 13.3. The van der Waals surface area contributed by atoms with Crippen LogP contribution in [0.1, 0.15) is 29.6 Å². The fourth-order valence-corrected chi connectivity index (χ4v) is 5.05. The maximum atomic E-state index is 12.0. The number of thiophene rings is 1. The molecule has 1 fully saturated rings. The normalized spacial score (nSPS) is 19.4. The van der Waals surface area contributed by atoms with Gasteiger partial charge < -0.3 is 9.30 Å². The third-order valence-corrected chi connectivity index (χ3v) is 6.61. The van der Waals surface area contributed by atoms with Gasteiger partial charge in [-0.2, -0.15) is 0 Å². The molecule has 3 heterocycles. The molecule has 3 aromatic rings. The Balaban J connectivity index is 1.55. The number of benzene rings is 1. The summed E-state index contributed by atoms with van der Waals surface area (Å²) in [7, 11) is 0. The van der Waals surface area contributed by atoms with Gasteiger partial charge >= 0.3 is 5.97 Å². The molecular formula is C20H21N3O2S2. The number of aromatic nitrogens is 3. The highest BCUT2D eigenvalue weighted by Crippen LogP contribution is 2.32. The van der Waals surface area contributed by atoms with E-state index in [1.165, 1.54) is 22.2 Å². The highest BCUT2D eigenvalue weighted by Gasteiger charge is 2.34. The first-order chi connectivity index (χ1) is 13.2. The first-order valence-corrected chi connectivity index (χ1v) is 10.8. The zero-order valence-electron chi connectivity index (χ0n) is 15.1. The Hall–Kier alpha value is -2.12. The van der Waals surface area contributed by atoms with E-state index in [-0.39, 0.29) is 17.3 Å². The second kappa shape index (κ2) is 8.27. The molecule has 0 spiro atoms. The van der Waals surface area contributed by atoms with Crippen LogP contribution >= 0.6 is 23.1 Å². The molecule has 0 radical (unpaired) electrons. The van der Waals surface area contributed by atoms with Gasteiger partial charge in [0.2, 0.25) is 0 Å². The van der Waals surface area contributed by atoms with E-state index in [2.05, 4.69) is 56.5 Å². The van der Waals surface area contributed by atoms with Gasteiger partial charge in [-0.15, -0.1) is 21.5 Å². The number of aryl methyl sites for hydroxylation is 1. The van der Waals surface area contributed by atoms with Crippen LogP contribution < -0.4 is 0 Å². The zero-order chi connectivity index (χ0) is 18.6. The van der Waals surface area contributed by atoms with E-state index in [4.69, 9.17) is 4.74 Å². The average Bonchev–Trinajstić information content (AvgIpc) is 3.38. The van der Waals surface area contributed by atoms with Crippen LogP contribution in [0.5, 0.6) is 0 Å². The number of nitrogens with zero attached hydrogens (tertiary/aromatic N) is 3. The third kappa shape index (κ3) is 4.42. The highest BCUT2D eigenvalue weighted by molar-refractivity contribution is 8.00. The fraction of sp³-hybridized carbons (Fsp3) is 0.350. The standard InChI is InChI=1S/C20H21N3O2S2/c1-14-12-17(19(24)25-14)27-20-22-21-18(13-16-8-5-11-26-16)23(20)10-9-15-6-3-2-4-7-15/h2-8,11,14,17H,9-10,12-13H2,1H3. The fourth-order valence-electron chi connectivity index (χ4n) is 3.16. The summed E-state index contributed by atoms with van der Waals surface area (Å²) in [6.45, 7) is 2.72. The molecule has 0 bridgehead atoms. The zero-order valence-corrected chi connectivity index (χ0v) is 16.7. The van der Waals surface area contributed by atoms with Gasteiger partial charge in [0.25, 0.3) is 0 Å². The number of carbonyl (C=O) groups excluding carboxylic acids is 1. The Morgan fingerprint density at radius 3 is 2.78 bits per heavy atom. The van der Waals surface area contributed by atoms with Crippen LogP contribution in [0.15, 0.2) is 53.0 Å². The molecule has 27 heavy (non-hydrogen) atoms. The lowest BCUT2D eigenvalue weighted by Crippen LogP contribution is -2.13. The van der Waals surface area contributed by atoms with Gasteiger partial charge in [0.1, 0.15) is 17.2 Å². The van der Waals surface area contributed by atoms with Gasteiger partial charge in [0.05, 0.1) is 0 Å². The molecule has 2 aromatic heterocycles. The van der Waals surface area contributed by atoms with Crippen molar-refractivity contribution < 1.29 is 9.53 Å². The molecule has 1 saturated heterocycles. The van der Waals surface area contributed by atoms with E-state index >= 15 is 0 Å². The summed E-state index contributed by atoms with van der Waals surface area (Å²) >= 11 is 3.20. The summed E-state index contributed by atoms with van der Waals surface area (Å²) in [5, 5.41) is 11.5. The topological polar surface area (TPSA) is 57.0 Å². The average molecular weight is 400 g/mol. The van der Waals surface area contributed by atoms with Crippen LogP contribution in [-0.2, 0) is 28.9 Å². The van der Waals surface area contributed by atoms with Crippen molar-refractivity contribution in [2.75, 3.05) is 0 Å². The Bertz CT molecular complexity index is 893. The molecule has 7 heteroatoms. The Labute approximate surface area is 166 Å². The van der Waals surface area contributed by atoms with Crippen molar-refractivity contribution in [1.29, 1.82) is 0 Å². The Morgan fingerprint density at radius 2 is 2.07 bits per heavy atom. The van der Waals surface area contributed by atoms with Crippen molar-refractivity contribution in [1.82, 2.24) is 14.8 Å². The minimum absolute atomic E-state index is 0.0266. The van der Waals surface area contributed by atoms with Gasteiger partial charge in [-0.3, -0.25) is 4.79 Å². The van der Waals surface area contributed by atoms with E-state index in [0.29, 0.717) is 0 Å². The maximum Gasteiger partial charge on any atom is 0.319 e. The molecule has 0 saturated carbocycles. The van der Waals surface area contributed by atoms with Gasteiger partial charge in [-0.05, 0) is 30.4 Å². The number of carbonyl (C=O) groups is 1. The van der Waals surface area contributed by atoms with E-state index in [1.807, 2.05) is 13.0 Å². The lowest BCUT2D eigenvalue weighted by molar-refractivity contribution is -0.140. The van der Waals surface area contributed by atoms with Crippen molar-refractivity contribution in [3.8, 4) is 0 Å². The summed E-state index contributed by atoms with van der Waals surface area (Å²) in [6, 6.07) is 14.6. The Morgan fingerprint density at radius 1 is 1.22 bits per heavy atom. The molecule has 2 unspecified atom stereocenters. The van der Waals surface area contributed by atoms with E-state index in [9.17, 15) is 4.79 Å². The Kier molecular flexibility index (Phi) is 5.59. The van der Waals surface area contributed by atoms with Gasteiger partial charge in [0, 0.05) is 24.3 Å². The predicted octanol–water partition coefficient (Wildman–Crippen LogP) is 3.97. The number of esters is 1. The van der Waals surface area contributed by atoms with Crippen molar-refractivity contribution in [2.45, 2.75) is 49.2 Å². The van der Waals surface area contributed by atoms with Gasteiger partial charge in [0.15, 0.2) is 5.16 Å². The van der Waals surface area contributed by atoms with Crippen LogP contribution in [0.25, 0.3) is 0 Å². The SMILES string of the molecule is CC1CC(Sc2nnc(Cc3cccs3)n2CCc2ccccc2)C(=O)O1. The summed E-state index contributed by atoms with van der Waals surface area (Å²) < 4.78 is 7.45. The predicted molar refractivity (Wildman–Crippen MR) is 107 cm³/mol. The van der Waals surface area contributed by atoms with Crippen LogP contribution in [0.3, 0.4) is 0 Å². The smallest absolute Gasteiger partial charge is 0.319 e. The molecule has 140 valence electrons. The van der Waals surface area contributed by atoms with Gasteiger partial charge in [-0.1, -0.05) is 48.2 Å². The molecule has 1 aromatic carbocycles. The van der Waals surface area contributed by atoms with E-state index in [1.54, 1.807) is 11.3 Å². The molecule has 4 rings (SSSR count). The van der Waals surface area contributed by atoms with Crippen molar-refractivity contribution in [3.05, 3.63) is 64.1 Å². The van der Waals surface area contributed by atoms with Crippen LogP contribution in [0.2, 0.25) is 0 Å². The number of cyclic esters (lactones) is 1. The first-order valence-electron chi connectivity index (χ1n) is 9.04. The number of rotatable bonds is 7. The number of hydrogen-bond acceptors (Lipinski definition) is 6. The maximum absolute atomic E-state index is 12.0. The largest absolute Gasteiger partial charge is 0.462 e. The molecule has 0 aliphatic carbocycles. The van der Waals surface area contributed by atoms with E-state index < -0.39 is 0 Å². The quantitative estimate of drug-likeness (QED) is 0.563. The molecule has 0 amide bonds. The summed E-state index contributed by atoms with van der Waals surface area (Å²) in [5.74, 6) is 0.792. The van der Waals surface area contributed by atoms with Crippen LogP contribution in [0, 0.1) is 0 Å². The number of thioether (sulfide) groups is 1. The van der Waals surface area contributed by atoms with Crippen molar-refractivity contribution >= 4 is 29.1 Å². The van der Waals surface area contributed by atoms with E-state index in [0.717, 1.165) is 36.8 Å². The molecule has 0 N–H and O–H groups in total. The van der Waals surface area contributed by atoms with Gasteiger partial charge in [-0.25, -0.2) is 0 Å². The first kappa shape index (κ1) is 18.3. The number of hydrogen-bond donors (Lipinski definition) is 0. The monoisotopic (exact) mass is 399 g/mol. The minimum atomic E-state index is -0.200. The lowest BCUT2D eigenvalue weighted by Gasteiger charge is -2.11. The van der Waals surface area contributed by atoms with Crippen molar-refractivity contribution in [3.63, 3.8) is 0 Å². The molecule has 1 aliphatic rings.